The predicted molar refractivity (Wildman–Crippen MR) is 92.9 cm³/mol. The molecule has 1 saturated heterocycles. The van der Waals surface area contributed by atoms with Crippen LogP contribution in [0, 0.1) is 6.92 Å². The Morgan fingerprint density at radius 1 is 1.23 bits per heavy atom. The van der Waals surface area contributed by atoms with Crippen molar-refractivity contribution in [3.63, 3.8) is 0 Å². The Morgan fingerprint density at radius 2 is 2.08 bits per heavy atom. The van der Waals surface area contributed by atoms with Gasteiger partial charge in [0.1, 0.15) is 18.1 Å². The average Bonchev–Trinajstić information content (AvgIpc) is 3.35. The van der Waals surface area contributed by atoms with Gasteiger partial charge in [0.2, 0.25) is 11.7 Å². The lowest BCUT2D eigenvalue weighted by molar-refractivity contribution is 0.160. The molecule has 136 valence electrons. The highest BCUT2D eigenvalue weighted by Crippen LogP contribution is 2.33. The van der Waals surface area contributed by atoms with Crippen molar-refractivity contribution in [1.82, 2.24) is 15.0 Å². The number of β-amino-alcohol motifs (C(OH)–C–C–N with tert-alkyl or cyclic N) is 1. The van der Waals surface area contributed by atoms with Crippen LogP contribution in [0.25, 0.3) is 11.4 Å². The number of likely N-dealkylation sites (tertiary alicyclic amines) is 1. The fourth-order valence-corrected chi connectivity index (χ4v) is 3.38. The van der Waals surface area contributed by atoms with Crippen molar-refractivity contribution in [2.45, 2.75) is 38.6 Å². The highest BCUT2D eigenvalue weighted by atomic mass is 16.5. The second-order valence-electron chi connectivity index (χ2n) is 6.69. The predicted octanol–water partition coefficient (Wildman–Crippen LogP) is 2.44. The van der Waals surface area contributed by atoms with Crippen molar-refractivity contribution in [2.24, 2.45) is 0 Å². The van der Waals surface area contributed by atoms with Gasteiger partial charge in [-0.25, -0.2) is 0 Å². The second-order valence-corrected chi connectivity index (χ2v) is 6.69. The Morgan fingerprint density at radius 3 is 2.85 bits per heavy atom. The van der Waals surface area contributed by atoms with E-state index in [0.29, 0.717) is 37.0 Å². The Bertz CT molecular complexity index is 888. The smallest absolute Gasteiger partial charge is 0.244 e. The number of benzene rings is 1. The summed E-state index contributed by atoms with van der Waals surface area (Å²) in [6.45, 7) is 2.89. The molecule has 4 rings (SSSR count). The van der Waals surface area contributed by atoms with Crippen molar-refractivity contribution in [1.29, 1.82) is 0 Å². The second kappa shape index (κ2) is 7.03. The molecule has 0 bridgehead atoms. The van der Waals surface area contributed by atoms with Crippen LogP contribution in [0.4, 0.5) is 0 Å². The molecule has 2 atom stereocenters. The topological polar surface area (TPSA) is 95.8 Å². The van der Waals surface area contributed by atoms with Crippen LogP contribution in [0.2, 0.25) is 0 Å². The first-order valence-electron chi connectivity index (χ1n) is 8.63. The molecule has 2 aromatic heterocycles. The van der Waals surface area contributed by atoms with Gasteiger partial charge in [-0.3, -0.25) is 4.90 Å². The van der Waals surface area contributed by atoms with Crippen molar-refractivity contribution >= 4 is 0 Å². The maximum Gasteiger partial charge on any atom is 0.244 e. The number of aliphatic hydroxyl groups excluding tert-OH is 2. The molecule has 0 unspecified atom stereocenters. The van der Waals surface area contributed by atoms with Gasteiger partial charge in [0, 0.05) is 12.1 Å². The Balaban J connectivity index is 1.55. The largest absolute Gasteiger partial charge is 0.462 e. The molecule has 0 amide bonds. The maximum absolute atomic E-state index is 10.1. The lowest BCUT2D eigenvalue weighted by Gasteiger charge is -2.19. The van der Waals surface area contributed by atoms with Gasteiger partial charge in [-0.15, -0.1) is 0 Å². The van der Waals surface area contributed by atoms with E-state index in [1.807, 2.05) is 37.3 Å². The summed E-state index contributed by atoms with van der Waals surface area (Å²) in [5, 5.41) is 23.4. The summed E-state index contributed by atoms with van der Waals surface area (Å²) in [6.07, 6.45) is 0.0739. The Kier molecular flexibility index (Phi) is 4.58. The lowest BCUT2D eigenvalue weighted by Crippen LogP contribution is -2.24. The summed E-state index contributed by atoms with van der Waals surface area (Å²) < 4.78 is 11.1. The van der Waals surface area contributed by atoms with Crippen LogP contribution in [0.3, 0.4) is 0 Å². The summed E-state index contributed by atoms with van der Waals surface area (Å²) in [5.74, 6) is 2.29. The number of rotatable bonds is 5. The van der Waals surface area contributed by atoms with Crippen LogP contribution in [0.1, 0.15) is 35.4 Å². The highest BCUT2D eigenvalue weighted by molar-refractivity contribution is 5.55. The average molecular weight is 355 g/mol. The van der Waals surface area contributed by atoms with Gasteiger partial charge in [-0.05, 0) is 31.5 Å². The van der Waals surface area contributed by atoms with Crippen LogP contribution >= 0.6 is 0 Å². The maximum atomic E-state index is 10.1. The number of furan rings is 1. The lowest BCUT2D eigenvalue weighted by atomic mass is 10.1. The number of aliphatic hydroxyl groups is 2. The molecular formula is C19H21N3O4. The van der Waals surface area contributed by atoms with E-state index >= 15 is 0 Å². The number of aromatic nitrogens is 2. The molecule has 26 heavy (non-hydrogen) atoms. The number of hydrogen-bond donors (Lipinski definition) is 2. The minimum absolute atomic E-state index is 0.129. The monoisotopic (exact) mass is 355 g/mol. The minimum Gasteiger partial charge on any atom is -0.462 e. The summed E-state index contributed by atoms with van der Waals surface area (Å²) >= 11 is 0. The van der Waals surface area contributed by atoms with Gasteiger partial charge in [0.25, 0.3) is 0 Å². The van der Waals surface area contributed by atoms with Gasteiger partial charge in [-0.2, -0.15) is 4.98 Å². The molecule has 1 aromatic carbocycles. The van der Waals surface area contributed by atoms with E-state index < -0.39 is 6.10 Å². The van der Waals surface area contributed by atoms with Crippen LogP contribution in [0.5, 0.6) is 0 Å². The third kappa shape index (κ3) is 3.41. The van der Waals surface area contributed by atoms with Gasteiger partial charge >= 0.3 is 0 Å². The molecule has 1 fully saturated rings. The molecule has 0 saturated carbocycles. The molecule has 2 N–H and O–H groups in total. The van der Waals surface area contributed by atoms with Gasteiger partial charge < -0.3 is 19.2 Å². The van der Waals surface area contributed by atoms with E-state index in [0.717, 1.165) is 16.9 Å². The zero-order valence-corrected chi connectivity index (χ0v) is 14.5. The molecule has 3 heterocycles. The molecular weight excluding hydrogens is 334 g/mol. The highest BCUT2D eigenvalue weighted by Gasteiger charge is 2.36. The normalized spacial score (nSPS) is 20.7. The molecule has 7 nitrogen and oxygen atoms in total. The van der Waals surface area contributed by atoms with E-state index in [-0.39, 0.29) is 12.6 Å². The molecule has 7 heteroatoms. The summed E-state index contributed by atoms with van der Waals surface area (Å²) in [5.41, 5.74) is 2.04. The molecule has 1 aliphatic heterocycles. The first-order valence-corrected chi connectivity index (χ1v) is 8.63. The summed E-state index contributed by atoms with van der Waals surface area (Å²) in [6, 6.07) is 11.3. The van der Waals surface area contributed by atoms with Crippen LogP contribution < -0.4 is 0 Å². The van der Waals surface area contributed by atoms with Crippen molar-refractivity contribution < 1.29 is 19.2 Å². The summed E-state index contributed by atoms with van der Waals surface area (Å²) in [4.78, 5) is 6.60. The van der Waals surface area contributed by atoms with Gasteiger partial charge in [-0.1, -0.05) is 28.9 Å². The zero-order valence-electron chi connectivity index (χ0n) is 14.5. The fraction of sp³-hybridized carbons (Fsp3) is 0.368. The van der Waals surface area contributed by atoms with Gasteiger partial charge in [0.05, 0.1) is 18.7 Å². The SMILES string of the molecule is Cc1cccc(-c2noc([C@H]3C[C@@H](O)CN3Cc3ccc(CO)o3)n2)c1. The molecule has 3 aromatic rings. The molecule has 0 radical (unpaired) electrons. The number of aryl methyl sites for hydroxylation is 1. The van der Waals surface area contributed by atoms with Crippen molar-refractivity contribution in [3.8, 4) is 11.4 Å². The third-order valence-electron chi connectivity index (χ3n) is 4.62. The van der Waals surface area contributed by atoms with Crippen molar-refractivity contribution in [2.75, 3.05) is 6.54 Å². The van der Waals surface area contributed by atoms with E-state index in [1.54, 1.807) is 6.07 Å². The Labute approximate surface area is 150 Å². The zero-order chi connectivity index (χ0) is 18.1. The standard InChI is InChI=1S/C19H21N3O4/c1-12-3-2-4-13(7-12)18-20-19(26-21-18)17-8-14(24)9-22(17)10-15-5-6-16(11-23)25-15/h2-7,14,17,23-24H,8-11H2,1H3/t14-,17-/m1/s1. The van der Waals surface area contributed by atoms with Gasteiger partial charge in [0.15, 0.2) is 0 Å². The van der Waals surface area contributed by atoms with E-state index in [4.69, 9.17) is 14.0 Å². The quantitative estimate of drug-likeness (QED) is 0.726. The van der Waals surface area contributed by atoms with Crippen LogP contribution in [-0.2, 0) is 13.2 Å². The minimum atomic E-state index is -0.457. The number of nitrogens with zero attached hydrogens (tertiary/aromatic N) is 3. The van der Waals surface area contributed by atoms with Crippen LogP contribution in [0.15, 0.2) is 45.3 Å². The molecule has 0 spiro atoms. The van der Waals surface area contributed by atoms with E-state index in [9.17, 15) is 5.11 Å². The fourth-order valence-electron chi connectivity index (χ4n) is 3.38. The molecule has 0 aliphatic carbocycles. The van der Waals surface area contributed by atoms with E-state index in [2.05, 4.69) is 15.0 Å². The summed E-state index contributed by atoms with van der Waals surface area (Å²) in [7, 11) is 0. The van der Waals surface area contributed by atoms with Crippen LogP contribution in [-0.4, -0.2) is 37.9 Å². The Hall–Kier alpha value is -2.48. The van der Waals surface area contributed by atoms with E-state index in [1.165, 1.54) is 0 Å². The first-order chi connectivity index (χ1) is 12.6. The molecule has 1 aliphatic rings. The third-order valence-corrected chi connectivity index (χ3v) is 4.62. The first kappa shape index (κ1) is 17.0. The van der Waals surface area contributed by atoms with Crippen molar-refractivity contribution in [3.05, 3.63) is 59.4 Å². The number of hydrogen-bond acceptors (Lipinski definition) is 7.